The lowest BCUT2D eigenvalue weighted by Crippen LogP contribution is -2.50. The van der Waals surface area contributed by atoms with E-state index in [1.807, 2.05) is 71.0 Å². The average Bonchev–Trinajstić information content (AvgIpc) is 2.73. The molecule has 1 unspecified atom stereocenters. The number of hydrogen-bond donors (Lipinski definition) is 1. The van der Waals surface area contributed by atoms with Crippen molar-refractivity contribution in [2.75, 3.05) is 13.2 Å². The van der Waals surface area contributed by atoms with Gasteiger partial charge in [0.25, 0.3) is 5.91 Å². The molecule has 0 spiro atoms. The number of aryl methyl sites for hydroxylation is 2. The summed E-state index contributed by atoms with van der Waals surface area (Å²) in [6, 6.07) is 12.6. The van der Waals surface area contributed by atoms with Crippen LogP contribution in [-0.4, -0.2) is 35.9 Å². The first-order valence-electron chi connectivity index (χ1n) is 10.7. The number of nitrogens with zero attached hydrogens (tertiary/aromatic N) is 1. The standard InChI is InChI=1S/C25H33ClN2O3/c1-6-22(25(30)27-14-17(2)3)28(15-20-9-7-8-10-21(20)26)24(29)16-31-23-13-18(4)11-12-19(23)5/h7-13,17,22H,6,14-16H2,1-5H3,(H,27,30). The smallest absolute Gasteiger partial charge is 0.261 e. The minimum Gasteiger partial charge on any atom is -0.483 e. The molecule has 2 aromatic rings. The molecular weight excluding hydrogens is 412 g/mol. The maximum atomic E-state index is 13.2. The lowest BCUT2D eigenvalue weighted by atomic mass is 10.1. The van der Waals surface area contributed by atoms with Crippen LogP contribution in [0.4, 0.5) is 0 Å². The van der Waals surface area contributed by atoms with Crippen LogP contribution in [0.25, 0.3) is 0 Å². The van der Waals surface area contributed by atoms with Gasteiger partial charge in [-0.2, -0.15) is 0 Å². The summed E-state index contributed by atoms with van der Waals surface area (Å²) >= 11 is 6.34. The van der Waals surface area contributed by atoms with E-state index in [0.717, 1.165) is 16.7 Å². The molecule has 0 aliphatic rings. The van der Waals surface area contributed by atoms with Gasteiger partial charge in [-0.25, -0.2) is 0 Å². The molecule has 168 valence electrons. The van der Waals surface area contributed by atoms with E-state index in [0.29, 0.717) is 29.7 Å². The van der Waals surface area contributed by atoms with Crippen LogP contribution >= 0.6 is 11.6 Å². The summed E-state index contributed by atoms with van der Waals surface area (Å²) in [7, 11) is 0. The Balaban J connectivity index is 2.24. The number of nitrogens with one attached hydrogen (secondary N) is 1. The zero-order valence-electron chi connectivity index (χ0n) is 19.1. The Hall–Kier alpha value is -2.53. The minimum atomic E-state index is -0.607. The number of carbonyl (C=O) groups is 2. The van der Waals surface area contributed by atoms with E-state index in [-0.39, 0.29) is 25.0 Å². The molecule has 0 saturated heterocycles. The van der Waals surface area contributed by atoms with E-state index in [2.05, 4.69) is 5.32 Å². The van der Waals surface area contributed by atoms with Crippen LogP contribution in [0.5, 0.6) is 5.75 Å². The van der Waals surface area contributed by atoms with E-state index in [1.165, 1.54) is 0 Å². The van der Waals surface area contributed by atoms with Crippen molar-refractivity contribution in [3.05, 3.63) is 64.2 Å². The van der Waals surface area contributed by atoms with Crippen LogP contribution < -0.4 is 10.1 Å². The summed E-state index contributed by atoms with van der Waals surface area (Å²) in [5.74, 6) is 0.570. The summed E-state index contributed by atoms with van der Waals surface area (Å²) in [5.41, 5.74) is 2.80. The largest absolute Gasteiger partial charge is 0.483 e. The van der Waals surface area contributed by atoms with Crippen molar-refractivity contribution < 1.29 is 14.3 Å². The Morgan fingerprint density at radius 1 is 1.13 bits per heavy atom. The number of carbonyl (C=O) groups excluding carboxylic acids is 2. The fourth-order valence-electron chi connectivity index (χ4n) is 3.24. The van der Waals surface area contributed by atoms with Crippen molar-refractivity contribution in [2.45, 2.75) is 53.6 Å². The van der Waals surface area contributed by atoms with Gasteiger partial charge in [0.15, 0.2) is 6.61 Å². The van der Waals surface area contributed by atoms with Gasteiger partial charge in [-0.3, -0.25) is 9.59 Å². The topological polar surface area (TPSA) is 58.6 Å². The quantitative estimate of drug-likeness (QED) is 0.566. The molecule has 6 heteroatoms. The lowest BCUT2D eigenvalue weighted by molar-refractivity contribution is -0.143. The molecule has 0 heterocycles. The van der Waals surface area contributed by atoms with Crippen molar-refractivity contribution in [3.8, 4) is 5.75 Å². The van der Waals surface area contributed by atoms with Crippen molar-refractivity contribution in [2.24, 2.45) is 5.92 Å². The van der Waals surface area contributed by atoms with Gasteiger partial charge in [0.1, 0.15) is 11.8 Å². The lowest BCUT2D eigenvalue weighted by Gasteiger charge is -2.31. The number of ether oxygens (including phenoxy) is 1. The predicted molar refractivity (Wildman–Crippen MR) is 125 cm³/mol. The molecule has 0 fully saturated rings. The van der Waals surface area contributed by atoms with Crippen LogP contribution in [0.3, 0.4) is 0 Å². The summed E-state index contributed by atoms with van der Waals surface area (Å²) < 4.78 is 5.85. The Bertz CT molecular complexity index is 898. The summed E-state index contributed by atoms with van der Waals surface area (Å²) in [6.45, 7) is 10.5. The highest BCUT2D eigenvalue weighted by Crippen LogP contribution is 2.22. The van der Waals surface area contributed by atoms with Gasteiger partial charge < -0.3 is 15.0 Å². The number of halogens is 1. The van der Waals surface area contributed by atoms with E-state index >= 15 is 0 Å². The molecule has 0 aliphatic heterocycles. The van der Waals surface area contributed by atoms with Crippen LogP contribution in [0.1, 0.15) is 43.9 Å². The molecule has 0 aliphatic carbocycles. The summed E-state index contributed by atoms with van der Waals surface area (Å²) in [6.07, 6.45) is 0.490. The molecule has 0 radical (unpaired) electrons. The van der Waals surface area contributed by atoms with E-state index < -0.39 is 6.04 Å². The Labute approximate surface area is 190 Å². The van der Waals surface area contributed by atoms with Crippen molar-refractivity contribution in [3.63, 3.8) is 0 Å². The zero-order chi connectivity index (χ0) is 23.0. The van der Waals surface area contributed by atoms with Gasteiger partial charge in [0.2, 0.25) is 5.91 Å². The highest BCUT2D eigenvalue weighted by molar-refractivity contribution is 6.31. The monoisotopic (exact) mass is 444 g/mol. The number of benzene rings is 2. The minimum absolute atomic E-state index is 0.150. The van der Waals surface area contributed by atoms with Crippen LogP contribution in [0.15, 0.2) is 42.5 Å². The van der Waals surface area contributed by atoms with Crippen LogP contribution in [-0.2, 0) is 16.1 Å². The maximum absolute atomic E-state index is 13.2. The van der Waals surface area contributed by atoms with Gasteiger partial charge in [-0.15, -0.1) is 0 Å². The average molecular weight is 445 g/mol. The van der Waals surface area contributed by atoms with Gasteiger partial charge >= 0.3 is 0 Å². The second kappa shape index (κ2) is 11.8. The van der Waals surface area contributed by atoms with Gasteiger partial charge in [-0.05, 0) is 55.0 Å². The van der Waals surface area contributed by atoms with Crippen molar-refractivity contribution in [1.29, 1.82) is 0 Å². The number of hydrogen-bond acceptors (Lipinski definition) is 3. The first-order valence-corrected chi connectivity index (χ1v) is 11.1. The Kier molecular flexibility index (Phi) is 9.38. The molecule has 5 nitrogen and oxygen atoms in total. The first-order chi connectivity index (χ1) is 14.7. The molecular formula is C25H33ClN2O3. The molecule has 2 amide bonds. The Morgan fingerprint density at radius 3 is 2.48 bits per heavy atom. The normalized spacial score (nSPS) is 11.8. The highest BCUT2D eigenvalue weighted by atomic mass is 35.5. The zero-order valence-corrected chi connectivity index (χ0v) is 19.8. The second-order valence-corrected chi connectivity index (χ2v) is 8.64. The molecule has 31 heavy (non-hydrogen) atoms. The third-order valence-electron chi connectivity index (χ3n) is 5.06. The van der Waals surface area contributed by atoms with Crippen LogP contribution in [0, 0.1) is 19.8 Å². The van der Waals surface area contributed by atoms with Crippen LogP contribution in [0.2, 0.25) is 5.02 Å². The van der Waals surface area contributed by atoms with Crippen molar-refractivity contribution >= 4 is 23.4 Å². The van der Waals surface area contributed by atoms with Gasteiger partial charge in [-0.1, -0.05) is 62.7 Å². The third kappa shape index (κ3) is 7.28. The fourth-order valence-corrected chi connectivity index (χ4v) is 3.43. The van der Waals surface area contributed by atoms with Gasteiger partial charge in [0.05, 0.1) is 0 Å². The number of rotatable bonds is 10. The summed E-state index contributed by atoms with van der Waals surface area (Å²) in [4.78, 5) is 27.7. The van der Waals surface area contributed by atoms with E-state index in [4.69, 9.17) is 16.3 Å². The first kappa shape index (κ1) is 24.7. The predicted octanol–water partition coefficient (Wildman–Crippen LogP) is 4.92. The number of amides is 2. The molecule has 1 atom stereocenters. The third-order valence-corrected chi connectivity index (χ3v) is 5.43. The Morgan fingerprint density at radius 2 is 1.84 bits per heavy atom. The summed E-state index contributed by atoms with van der Waals surface area (Å²) in [5, 5.41) is 3.52. The maximum Gasteiger partial charge on any atom is 0.261 e. The molecule has 2 rings (SSSR count). The fraction of sp³-hybridized carbons (Fsp3) is 0.440. The molecule has 0 saturated carbocycles. The second-order valence-electron chi connectivity index (χ2n) is 8.23. The molecule has 2 aromatic carbocycles. The van der Waals surface area contributed by atoms with Crippen molar-refractivity contribution in [1.82, 2.24) is 10.2 Å². The van der Waals surface area contributed by atoms with E-state index in [1.54, 1.807) is 11.0 Å². The molecule has 1 N–H and O–H groups in total. The molecule has 0 bridgehead atoms. The van der Waals surface area contributed by atoms with Gasteiger partial charge in [0, 0.05) is 18.1 Å². The highest BCUT2D eigenvalue weighted by Gasteiger charge is 2.29. The molecule has 0 aromatic heterocycles. The SMILES string of the molecule is CCC(C(=O)NCC(C)C)N(Cc1ccccc1Cl)C(=O)COc1cc(C)ccc1C. The van der Waals surface area contributed by atoms with E-state index in [9.17, 15) is 9.59 Å².